The first kappa shape index (κ1) is 23.5. The van der Waals surface area contributed by atoms with Gasteiger partial charge in [-0.05, 0) is 50.3 Å². The molecule has 8 heteroatoms. The Bertz CT molecular complexity index is 883. The first-order valence-electron chi connectivity index (χ1n) is 12.2. The number of hydrogen-bond donors (Lipinski definition) is 2. The second-order valence-corrected chi connectivity index (χ2v) is 9.43. The lowest BCUT2D eigenvalue weighted by Gasteiger charge is -2.42. The summed E-state index contributed by atoms with van der Waals surface area (Å²) < 4.78 is 12.3. The first-order chi connectivity index (χ1) is 15.9. The van der Waals surface area contributed by atoms with Crippen molar-refractivity contribution >= 4 is 23.4 Å². The van der Waals surface area contributed by atoms with Crippen molar-refractivity contribution in [3.63, 3.8) is 0 Å². The van der Waals surface area contributed by atoms with Crippen LogP contribution in [0.1, 0.15) is 75.1 Å². The molecular weight excluding hydrogens is 422 g/mol. The fourth-order valence-electron chi connectivity index (χ4n) is 5.12. The summed E-state index contributed by atoms with van der Waals surface area (Å²) in [7, 11) is 1.79. The molecule has 3 aliphatic rings. The fraction of sp³-hybridized carbons (Fsp3) is 0.640. The Labute approximate surface area is 195 Å². The molecule has 2 N–H and O–H groups in total. The Balaban J connectivity index is 1.41. The van der Waals surface area contributed by atoms with Gasteiger partial charge < -0.3 is 25.0 Å². The SMILES string of the molecule is CCCC(=O)Nc1ccc2c(c1)C(=O)N(C)[C@@H]1CC[C@H](CC(=O)NC3CCCC3)O[C@@H]1CO2. The van der Waals surface area contributed by atoms with E-state index < -0.39 is 0 Å². The van der Waals surface area contributed by atoms with Crippen LogP contribution in [0.15, 0.2) is 18.2 Å². The zero-order valence-corrected chi connectivity index (χ0v) is 19.6. The van der Waals surface area contributed by atoms with E-state index >= 15 is 0 Å². The van der Waals surface area contributed by atoms with Gasteiger partial charge in [-0.15, -0.1) is 0 Å². The predicted octanol–water partition coefficient (Wildman–Crippen LogP) is 3.25. The molecule has 1 saturated carbocycles. The van der Waals surface area contributed by atoms with Crippen molar-refractivity contribution in [2.45, 2.75) is 89.0 Å². The molecule has 0 spiro atoms. The number of anilines is 1. The maximum absolute atomic E-state index is 13.3. The van der Waals surface area contributed by atoms with E-state index in [0.29, 0.717) is 42.5 Å². The zero-order chi connectivity index (χ0) is 23.4. The minimum atomic E-state index is -0.297. The molecule has 0 aromatic heterocycles. The number of carbonyl (C=O) groups is 3. The summed E-state index contributed by atoms with van der Waals surface area (Å²) in [5.41, 5.74) is 1.02. The van der Waals surface area contributed by atoms with Gasteiger partial charge in [0, 0.05) is 25.2 Å². The highest BCUT2D eigenvalue weighted by molar-refractivity contribution is 5.99. The van der Waals surface area contributed by atoms with Crippen molar-refractivity contribution in [1.29, 1.82) is 0 Å². The molecule has 2 aliphatic heterocycles. The van der Waals surface area contributed by atoms with Crippen LogP contribution in [-0.2, 0) is 14.3 Å². The number of likely N-dealkylation sites (N-methyl/N-ethyl adjacent to an activating group) is 1. The van der Waals surface area contributed by atoms with Gasteiger partial charge in [0.05, 0.1) is 24.1 Å². The molecule has 1 aliphatic carbocycles. The van der Waals surface area contributed by atoms with Crippen molar-refractivity contribution in [3.8, 4) is 5.75 Å². The van der Waals surface area contributed by atoms with Crippen molar-refractivity contribution in [3.05, 3.63) is 23.8 Å². The minimum Gasteiger partial charge on any atom is -0.490 e. The van der Waals surface area contributed by atoms with E-state index in [4.69, 9.17) is 9.47 Å². The van der Waals surface area contributed by atoms with Crippen molar-refractivity contribution in [1.82, 2.24) is 10.2 Å². The zero-order valence-electron chi connectivity index (χ0n) is 19.6. The summed E-state index contributed by atoms with van der Waals surface area (Å²) in [4.78, 5) is 39.4. The highest BCUT2D eigenvalue weighted by Crippen LogP contribution is 2.32. The number of rotatable bonds is 6. The molecule has 0 bridgehead atoms. The average Bonchev–Trinajstić information content (AvgIpc) is 3.29. The van der Waals surface area contributed by atoms with Gasteiger partial charge in [0.25, 0.3) is 5.91 Å². The topological polar surface area (TPSA) is 97.0 Å². The molecule has 2 fully saturated rings. The van der Waals surface area contributed by atoms with Crippen LogP contribution >= 0.6 is 0 Å². The van der Waals surface area contributed by atoms with Crippen LogP contribution in [0.5, 0.6) is 5.75 Å². The summed E-state index contributed by atoms with van der Waals surface area (Å²) >= 11 is 0. The molecule has 0 unspecified atom stereocenters. The molecule has 4 rings (SSSR count). The van der Waals surface area contributed by atoms with E-state index in [-0.39, 0.29) is 36.0 Å². The Morgan fingerprint density at radius 3 is 2.67 bits per heavy atom. The van der Waals surface area contributed by atoms with Crippen molar-refractivity contribution < 1.29 is 23.9 Å². The molecule has 1 aromatic rings. The number of fused-ring (bicyclic) bond motifs is 2. The number of nitrogens with one attached hydrogen (secondary N) is 2. The highest BCUT2D eigenvalue weighted by Gasteiger charge is 2.39. The van der Waals surface area contributed by atoms with E-state index in [9.17, 15) is 14.4 Å². The van der Waals surface area contributed by atoms with Gasteiger partial charge >= 0.3 is 0 Å². The summed E-state index contributed by atoms with van der Waals surface area (Å²) in [6.07, 6.45) is 7.02. The summed E-state index contributed by atoms with van der Waals surface area (Å²) in [5.74, 6) is 0.286. The lowest BCUT2D eigenvalue weighted by Crippen LogP contribution is -2.54. The standard InChI is InChI=1S/C25H35N3O5/c1-3-6-23(29)27-17-9-12-21-19(13-17)25(31)28(2)20-11-10-18(33-22(20)15-32-21)14-24(30)26-16-7-4-5-8-16/h9,12-13,16,18,20,22H,3-8,10-11,14-15H2,1-2H3,(H,26,30)(H,27,29)/t18-,20-,22-/m1/s1. The quantitative estimate of drug-likeness (QED) is 0.684. The lowest BCUT2D eigenvalue weighted by atomic mass is 9.94. The third-order valence-corrected chi connectivity index (χ3v) is 6.91. The van der Waals surface area contributed by atoms with E-state index in [1.165, 1.54) is 12.8 Å². The molecule has 33 heavy (non-hydrogen) atoms. The number of hydrogen-bond acceptors (Lipinski definition) is 5. The summed E-state index contributed by atoms with van der Waals surface area (Å²) in [6, 6.07) is 5.32. The molecule has 0 radical (unpaired) electrons. The van der Waals surface area contributed by atoms with Gasteiger partial charge in [-0.1, -0.05) is 19.8 Å². The number of amides is 3. The van der Waals surface area contributed by atoms with E-state index in [2.05, 4.69) is 10.6 Å². The van der Waals surface area contributed by atoms with Gasteiger partial charge in [-0.3, -0.25) is 14.4 Å². The van der Waals surface area contributed by atoms with Crippen LogP contribution in [0.2, 0.25) is 0 Å². The van der Waals surface area contributed by atoms with Gasteiger partial charge in [0.2, 0.25) is 11.8 Å². The molecule has 2 heterocycles. The van der Waals surface area contributed by atoms with Crippen LogP contribution in [0.25, 0.3) is 0 Å². The number of ether oxygens (including phenoxy) is 2. The molecule has 3 atom stereocenters. The van der Waals surface area contributed by atoms with E-state index in [1.54, 1.807) is 30.1 Å². The molecule has 1 saturated heterocycles. The normalized spacial score (nSPS) is 25.3. The van der Waals surface area contributed by atoms with E-state index in [0.717, 1.165) is 32.1 Å². The Kier molecular flexibility index (Phi) is 7.53. The Morgan fingerprint density at radius 1 is 1.12 bits per heavy atom. The number of nitrogens with zero attached hydrogens (tertiary/aromatic N) is 1. The molecule has 3 amide bonds. The fourth-order valence-corrected chi connectivity index (χ4v) is 5.12. The summed E-state index contributed by atoms with van der Waals surface area (Å²) in [6.45, 7) is 2.25. The van der Waals surface area contributed by atoms with Crippen LogP contribution in [0.3, 0.4) is 0 Å². The Hall–Kier alpha value is -2.61. The number of benzene rings is 1. The maximum atomic E-state index is 13.3. The minimum absolute atomic E-state index is 0.0459. The molecule has 1 aromatic carbocycles. The largest absolute Gasteiger partial charge is 0.490 e. The van der Waals surface area contributed by atoms with Gasteiger partial charge in [-0.25, -0.2) is 0 Å². The average molecular weight is 458 g/mol. The summed E-state index contributed by atoms with van der Waals surface area (Å²) in [5, 5.41) is 5.97. The van der Waals surface area contributed by atoms with Crippen molar-refractivity contribution in [2.75, 3.05) is 19.0 Å². The monoisotopic (exact) mass is 457 g/mol. The van der Waals surface area contributed by atoms with Gasteiger partial charge in [0.1, 0.15) is 18.5 Å². The maximum Gasteiger partial charge on any atom is 0.257 e. The highest BCUT2D eigenvalue weighted by atomic mass is 16.5. The van der Waals surface area contributed by atoms with Gasteiger partial charge in [-0.2, -0.15) is 0 Å². The van der Waals surface area contributed by atoms with Crippen LogP contribution in [0.4, 0.5) is 5.69 Å². The van der Waals surface area contributed by atoms with Gasteiger partial charge in [0.15, 0.2) is 0 Å². The first-order valence-corrected chi connectivity index (χ1v) is 12.2. The predicted molar refractivity (Wildman–Crippen MR) is 124 cm³/mol. The third-order valence-electron chi connectivity index (χ3n) is 6.91. The van der Waals surface area contributed by atoms with E-state index in [1.807, 2.05) is 6.92 Å². The molecule has 8 nitrogen and oxygen atoms in total. The molecule has 180 valence electrons. The second kappa shape index (κ2) is 10.5. The Morgan fingerprint density at radius 2 is 1.91 bits per heavy atom. The number of carbonyl (C=O) groups excluding carboxylic acids is 3. The third kappa shape index (κ3) is 5.66. The smallest absolute Gasteiger partial charge is 0.257 e. The van der Waals surface area contributed by atoms with Crippen LogP contribution in [-0.4, -0.2) is 60.6 Å². The second-order valence-electron chi connectivity index (χ2n) is 9.43. The molecular formula is C25H35N3O5. The van der Waals surface area contributed by atoms with Crippen LogP contribution < -0.4 is 15.4 Å². The van der Waals surface area contributed by atoms with Crippen molar-refractivity contribution in [2.24, 2.45) is 0 Å². The van der Waals surface area contributed by atoms with Crippen LogP contribution in [0, 0.1) is 0 Å². The lowest BCUT2D eigenvalue weighted by molar-refractivity contribution is -0.134.